The molecule has 2 aliphatic rings. The number of hydrogen-bond donors (Lipinski definition) is 1. The summed E-state index contributed by atoms with van der Waals surface area (Å²) >= 11 is 0. The molecule has 0 spiro atoms. The number of methoxy groups -OCH3 is 3. The molecule has 0 fully saturated rings. The Bertz CT molecular complexity index is 912. The topological polar surface area (TPSA) is 49.0 Å². The van der Waals surface area contributed by atoms with E-state index in [1.165, 1.54) is 5.56 Å². The highest BCUT2D eigenvalue weighted by Gasteiger charge is 2.38. The molecule has 1 aliphatic carbocycles. The molecule has 0 radical (unpaired) electrons. The normalized spacial score (nSPS) is 21.6. The van der Waals surface area contributed by atoms with Gasteiger partial charge < -0.3 is 24.3 Å². The van der Waals surface area contributed by atoms with Crippen molar-refractivity contribution < 1.29 is 18.9 Å². The molecule has 2 aromatic rings. The Kier molecular flexibility index (Phi) is 5.80. The summed E-state index contributed by atoms with van der Waals surface area (Å²) in [5.41, 5.74) is 3.59. The minimum absolute atomic E-state index is 0.147. The maximum atomic E-state index is 5.98. The van der Waals surface area contributed by atoms with E-state index in [4.69, 9.17) is 18.9 Å². The smallest absolute Gasteiger partial charge is 0.203 e. The molecule has 0 amide bonds. The zero-order valence-electron chi connectivity index (χ0n) is 18.4. The van der Waals surface area contributed by atoms with Crippen molar-refractivity contribution in [2.24, 2.45) is 11.8 Å². The highest BCUT2D eigenvalue weighted by Crippen LogP contribution is 2.52. The standard InChI is InChI=1S/C25H31NO4/c1-15(2)14-30-17-9-10-21-20(13-17)18-7-6-8-19(18)24(26-21)16-11-22(27-3)25(29-5)23(12-16)28-4/h6-7,9-13,15,18-19,24,26H,8,14H2,1-5H3. The van der Waals surface area contributed by atoms with E-state index < -0.39 is 0 Å². The van der Waals surface area contributed by atoms with Gasteiger partial charge in [-0.2, -0.15) is 0 Å². The lowest BCUT2D eigenvalue weighted by Gasteiger charge is -2.38. The van der Waals surface area contributed by atoms with Crippen LogP contribution in [-0.4, -0.2) is 27.9 Å². The minimum atomic E-state index is 0.147. The molecule has 0 saturated heterocycles. The molecule has 3 unspecified atom stereocenters. The van der Waals surface area contributed by atoms with Crippen molar-refractivity contribution in [3.63, 3.8) is 0 Å². The summed E-state index contributed by atoms with van der Waals surface area (Å²) in [6.07, 6.45) is 5.65. The second-order valence-electron chi connectivity index (χ2n) is 8.39. The third-order valence-corrected chi connectivity index (χ3v) is 5.96. The van der Waals surface area contributed by atoms with Gasteiger partial charge in [0.2, 0.25) is 5.75 Å². The summed E-state index contributed by atoms with van der Waals surface area (Å²) in [5, 5.41) is 3.77. The Morgan fingerprint density at radius 3 is 2.37 bits per heavy atom. The second-order valence-corrected chi connectivity index (χ2v) is 8.39. The van der Waals surface area contributed by atoms with Crippen molar-refractivity contribution in [3.05, 3.63) is 53.6 Å². The van der Waals surface area contributed by atoms with Gasteiger partial charge in [-0.15, -0.1) is 0 Å². The molecular formula is C25H31NO4. The first-order valence-electron chi connectivity index (χ1n) is 10.6. The number of nitrogens with one attached hydrogen (secondary N) is 1. The maximum absolute atomic E-state index is 5.98. The summed E-state index contributed by atoms with van der Waals surface area (Å²) in [4.78, 5) is 0. The van der Waals surface area contributed by atoms with E-state index in [2.05, 4.69) is 61.6 Å². The van der Waals surface area contributed by atoms with Crippen molar-refractivity contribution in [1.82, 2.24) is 0 Å². The van der Waals surface area contributed by atoms with Crippen LogP contribution in [0.1, 0.15) is 43.4 Å². The van der Waals surface area contributed by atoms with Crippen LogP contribution in [-0.2, 0) is 0 Å². The monoisotopic (exact) mass is 409 g/mol. The molecule has 1 heterocycles. The van der Waals surface area contributed by atoms with E-state index in [1.54, 1.807) is 21.3 Å². The highest BCUT2D eigenvalue weighted by atomic mass is 16.5. The van der Waals surface area contributed by atoms with Crippen LogP contribution in [0.15, 0.2) is 42.5 Å². The van der Waals surface area contributed by atoms with E-state index in [-0.39, 0.29) is 6.04 Å². The lowest BCUT2D eigenvalue weighted by atomic mass is 9.77. The largest absolute Gasteiger partial charge is 0.493 e. The van der Waals surface area contributed by atoms with Gasteiger partial charge in [0.25, 0.3) is 0 Å². The van der Waals surface area contributed by atoms with E-state index >= 15 is 0 Å². The quantitative estimate of drug-likeness (QED) is 0.606. The van der Waals surface area contributed by atoms with E-state index in [1.807, 2.05) is 0 Å². The Morgan fingerprint density at radius 2 is 1.73 bits per heavy atom. The Labute approximate surface area is 179 Å². The van der Waals surface area contributed by atoms with Crippen molar-refractivity contribution >= 4 is 5.69 Å². The van der Waals surface area contributed by atoms with Gasteiger partial charge in [0, 0.05) is 11.6 Å². The third-order valence-electron chi connectivity index (χ3n) is 5.96. The van der Waals surface area contributed by atoms with Gasteiger partial charge in [0.05, 0.1) is 34.0 Å². The molecule has 2 aromatic carbocycles. The number of hydrogen-bond acceptors (Lipinski definition) is 5. The molecule has 5 nitrogen and oxygen atoms in total. The Morgan fingerprint density at radius 1 is 1.00 bits per heavy atom. The van der Waals surface area contributed by atoms with Gasteiger partial charge in [-0.05, 0) is 59.7 Å². The van der Waals surface area contributed by atoms with Gasteiger partial charge in [-0.1, -0.05) is 26.0 Å². The molecule has 4 rings (SSSR count). The number of benzene rings is 2. The fourth-order valence-electron chi connectivity index (χ4n) is 4.54. The lowest BCUT2D eigenvalue weighted by molar-refractivity contribution is 0.270. The van der Waals surface area contributed by atoms with Gasteiger partial charge in [-0.3, -0.25) is 0 Å². The summed E-state index contributed by atoms with van der Waals surface area (Å²) < 4.78 is 22.7. The summed E-state index contributed by atoms with van der Waals surface area (Å²) in [6.45, 7) is 5.06. The summed E-state index contributed by atoms with van der Waals surface area (Å²) in [6, 6.07) is 10.6. The molecule has 0 aromatic heterocycles. The second kappa shape index (κ2) is 8.50. The molecule has 0 saturated carbocycles. The zero-order chi connectivity index (χ0) is 21.3. The van der Waals surface area contributed by atoms with Crippen molar-refractivity contribution in [3.8, 4) is 23.0 Å². The van der Waals surface area contributed by atoms with Crippen LogP contribution in [0.25, 0.3) is 0 Å². The SMILES string of the molecule is COc1cc(C2Nc3ccc(OCC(C)C)cc3C3C=CCC32)cc(OC)c1OC. The van der Waals surface area contributed by atoms with Crippen LogP contribution < -0.4 is 24.3 Å². The van der Waals surface area contributed by atoms with E-state index in [0.29, 0.717) is 35.0 Å². The molecular weight excluding hydrogens is 378 g/mol. The first-order valence-corrected chi connectivity index (χ1v) is 10.6. The Balaban J connectivity index is 1.70. The van der Waals surface area contributed by atoms with E-state index in [0.717, 1.165) is 30.0 Å². The van der Waals surface area contributed by atoms with Crippen molar-refractivity contribution in [2.45, 2.75) is 32.2 Å². The molecule has 1 N–H and O–H groups in total. The van der Waals surface area contributed by atoms with Crippen molar-refractivity contribution in [2.75, 3.05) is 33.3 Å². The molecule has 5 heteroatoms. The van der Waals surface area contributed by atoms with Gasteiger partial charge >= 0.3 is 0 Å². The predicted molar refractivity (Wildman–Crippen MR) is 119 cm³/mol. The van der Waals surface area contributed by atoms with Crippen LogP contribution in [0.5, 0.6) is 23.0 Å². The third kappa shape index (κ3) is 3.69. The average Bonchev–Trinajstić information content (AvgIpc) is 3.26. The molecule has 3 atom stereocenters. The van der Waals surface area contributed by atoms with Gasteiger partial charge in [0.1, 0.15) is 5.75 Å². The number of allylic oxidation sites excluding steroid dienone is 2. The van der Waals surface area contributed by atoms with Crippen LogP contribution in [0.4, 0.5) is 5.69 Å². The summed E-state index contributed by atoms with van der Waals surface area (Å²) in [5.74, 6) is 4.19. The lowest BCUT2D eigenvalue weighted by Crippen LogP contribution is -2.29. The molecule has 30 heavy (non-hydrogen) atoms. The first-order chi connectivity index (χ1) is 14.5. The van der Waals surface area contributed by atoms with Gasteiger partial charge in [0.15, 0.2) is 11.5 Å². The Hall–Kier alpha value is -2.82. The fourth-order valence-corrected chi connectivity index (χ4v) is 4.54. The summed E-state index contributed by atoms with van der Waals surface area (Å²) in [7, 11) is 4.94. The van der Waals surface area contributed by atoms with E-state index in [9.17, 15) is 0 Å². The minimum Gasteiger partial charge on any atom is -0.493 e. The highest BCUT2D eigenvalue weighted by molar-refractivity contribution is 5.63. The fraction of sp³-hybridized carbons (Fsp3) is 0.440. The van der Waals surface area contributed by atoms with Crippen LogP contribution in [0.2, 0.25) is 0 Å². The van der Waals surface area contributed by atoms with Crippen LogP contribution in [0.3, 0.4) is 0 Å². The van der Waals surface area contributed by atoms with Crippen LogP contribution in [0, 0.1) is 11.8 Å². The average molecular weight is 410 g/mol. The predicted octanol–water partition coefficient (Wildman–Crippen LogP) is 5.57. The number of rotatable bonds is 7. The number of fused-ring (bicyclic) bond motifs is 3. The zero-order valence-corrected chi connectivity index (χ0v) is 18.4. The maximum Gasteiger partial charge on any atom is 0.203 e. The number of anilines is 1. The van der Waals surface area contributed by atoms with Gasteiger partial charge in [-0.25, -0.2) is 0 Å². The van der Waals surface area contributed by atoms with Crippen LogP contribution >= 0.6 is 0 Å². The first kappa shape index (κ1) is 20.5. The molecule has 160 valence electrons. The van der Waals surface area contributed by atoms with Crippen molar-refractivity contribution in [1.29, 1.82) is 0 Å². The number of ether oxygens (including phenoxy) is 4. The molecule has 0 bridgehead atoms. The molecule has 1 aliphatic heterocycles.